The number of nitrogens with two attached hydrogens (primary N) is 2. The summed E-state index contributed by atoms with van der Waals surface area (Å²) in [5.74, 6) is 5.71. The van der Waals surface area contributed by atoms with Crippen LogP contribution in [0.2, 0.25) is 0 Å². The molecule has 1 heterocycles. The number of rotatable bonds is 7. The lowest BCUT2D eigenvalue weighted by atomic mass is 10.5. The number of nitrogen functional groups attached to an aromatic ring is 1. The topological polar surface area (TPSA) is 153 Å². The Morgan fingerprint density at radius 1 is 1.26 bits per heavy atom. The number of ether oxygens (including phenoxy) is 1. The molecule has 1 aromatic rings. The fourth-order valence-corrected chi connectivity index (χ4v) is 1.12. The standard InChI is InChI=1S/C9H18N8O2/c1-5(2)19-9-15-7(14-8(16-9)17-11)13-4-3-12-6(10)18/h5H,3-4,11H2,1-2H3,(H3,10,12,18)(H2,13,14,15,16,17). The number of carbonyl (C=O) groups is 1. The Balaban J connectivity index is 2.63. The van der Waals surface area contributed by atoms with Gasteiger partial charge in [0.25, 0.3) is 0 Å². The summed E-state index contributed by atoms with van der Waals surface area (Å²) in [6.45, 7) is 4.44. The molecule has 0 saturated heterocycles. The fourth-order valence-electron chi connectivity index (χ4n) is 1.12. The molecular weight excluding hydrogens is 252 g/mol. The molecule has 0 fully saturated rings. The molecule has 0 saturated carbocycles. The molecule has 1 rings (SSSR count). The fraction of sp³-hybridized carbons (Fsp3) is 0.556. The molecule has 1 aromatic heterocycles. The van der Waals surface area contributed by atoms with Crippen molar-refractivity contribution in [2.24, 2.45) is 11.6 Å². The number of anilines is 2. The maximum absolute atomic E-state index is 10.5. The van der Waals surface area contributed by atoms with Crippen molar-refractivity contribution in [2.45, 2.75) is 20.0 Å². The van der Waals surface area contributed by atoms with Gasteiger partial charge < -0.3 is 21.1 Å². The third-order valence-electron chi connectivity index (χ3n) is 1.79. The second kappa shape index (κ2) is 7.16. The van der Waals surface area contributed by atoms with Crippen molar-refractivity contribution in [1.82, 2.24) is 20.3 Å². The van der Waals surface area contributed by atoms with E-state index in [1.54, 1.807) is 0 Å². The molecule has 0 unspecified atom stereocenters. The monoisotopic (exact) mass is 270 g/mol. The van der Waals surface area contributed by atoms with Gasteiger partial charge in [0, 0.05) is 13.1 Å². The van der Waals surface area contributed by atoms with Gasteiger partial charge in [-0.3, -0.25) is 5.43 Å². The highest BCUT2D eigenvalue weighted by Crippen LogP contribution is 2.11. The van der Waals surface area contributed by atoms with Crippen molar-refractivity contribution in [1.29, 1.82) is 0 Å². The van der Waals surface area contributed by atoms with Gasteiger partial charge in [0.1, 0.15) is 0 Å². The molecule has 0 radical (unpaired) electrons. The average Bonchev–Trinajstić information content (AvgIpc) is 2.33. The molecule has 2 amide bonds. The molecule has 0 atom stereocenters. The van der Waals surface area contributed by atoms with Crippen molar-refractivity contribution in [3.63, 3.8) is 0 Å². The van der Waals surface area contributed by atoms with Crippen LogP contribution < -0.4 is 32.4 Å². The highest BCUT2D eigenvalue weighted by atomic mass is 16.5. The Morgan fingerprint density at radius 2 is 1.95 bits per heavy atom. The van der Waals surface area contributed by atoms with Crippen LogP contribution in [0, 0.1) is 0 Å². The predicted octanol–water partition coefficient (Wildman–Crippen LogP) is -0.975. The Bertz CT molecular complexity index is 425. The van der Waals surface area contributed by atoms with Crippen molar-refractivity contribution < 1.29 is 9.53 Å². The molecule has 106 valence electrons. The summed E-state index contributed by atoms with van der Waals surface area (Å²) in [6.07, 6.45) is -0.0718. The van der Waals surface area contributed by atoms with Crippen LogP contribution in [0.3, 0.4) is 0 Å². The van der Waals surface area contributed by atoms with Gasteiger partial charge in [-0.15, -0.1) is 0 Å². The number of hydrogen-bond donors (Lipinski definition) is 5. The van der Waals surface area contributed by atoms with E-state index in [1.165, 1.54) is 0 Å². The molecular formula is C9H18N8O2. The minimum atomic E-state index is -0.592. The van der Waals surface area contributed by atoms with Gasteiger partial charge in [0.2, 0.25) is 11.9 Å². The first-order valence-corrected chi connectivity index (χ1v) is 5.67. The summed E-state index contributed by atoms with van der Waals surface area (Å²) in [5, 5.41) is 5.31. The zero-order valence-corrected chi connectivity index (χ0v) is 10.8. The third kappa shape index (κ3) is 5.68. The first kappa shape index (κ1) is 14.7. The highest BCUT2D eigenvalue weighted by Gasteiger charge is 2.08. The van der Waals surface area contributed by atoms with E-state index in [4.69, 9.17) is 16.3 Å². The van der Waals surface area contributed by atoms with Gasteiger partial charge in [-0.1, -0.05) is 0 Å². The molecule has 0 spiro atoms. The summed E-state index contributed by atoms with van der Waals surface area (Å²) < 4.78 is 5.35. The van der Waals surface area contributed by atoms with E-state index in [9.17, 15) is 4.79 Å². The van der Waals surface area contributed by atoms with E-state index < -0.39 is 6.03 Å². The summed E-state index contributed by atoms with van der Waals surface area (Å²) in [5.41, 5.74) is 7.25. The molecule has 19 heavy (non-hydrogen) atoms. The van der Waals surface area contributed by atoms with E-state index >= 15 is 0 Å². The van der Waals surface area contributed by atoms with Crippen LogP contribution in [0.25, 0.3) is 0 Å². The van der Waals surface area contributed by atoms with Crippen molar-refractivity contribution >= 4 is 17.9 Å². The van der Waals surface area contributed by atoms with E-state index in [0.717, 1.165) is 0 Å². The van der Waals surface area contributed by atoms with Crippen LogP contribution in [0.4, 0.5) is 16.7 Å². The van der Waals surface area contributed by atoms with Crippen LogP contribution >= 0.6 is 0 Å². The maximum Gasteiger partial charge on any atom is 0.323 e. The van der Waals surface area contributed by atoms with Gasteiger partial charge in [-0.2, -0.15) is 15.0 Å². The van der Waals surface area contributed by atoms with Crippen LogP contribution in [-0.4, -0.2) is 40.2 Å². The third-order valence-corrected chi connectivity index (χ3v) is 1.79. The largest absolute Gasteiger partial charge is 0.461 e. The molecule has 7 N–H and O–H groups in total. The summed E-state index contributed by atoms with van der Waals surface area (Å²) in [6, 6.07) is -0.436. The van der Waals surface area contributed by atoms with E-state index in [-0.39, 0.29) is 24.0 Å². The van der Waals surface area contributed by atoms with Gasteiger partial charge in [0.05, 0.1) is 6.10 Å². The number of urea groups is 1. The zero-order valence-electron chi connectivity index (χ0n) is 10.8. The smallest absolute Gasteiger partial charge is 0.323 e. The minimum Gasteiger partial charge on any atom is -0.461 e. The summed E-state index contributed by atoms with van der Waals surface area (Å²) in [7, 11) is 0. The van der Waals surface area contributed by atoms with E-state index in [1.807, 2.05) is 13.8 Å². The Hall–Kier alpha value is -2.36. The van der Waals surface area contributed by atoms with Gasteiger partial charge >= 0.3 is 12.0 Å². The van der Waals surface area contributed by atoms with Crippen molar-refractivity contribution in [3.8, 4) is 6.01 Å². The normalized spacial score (nSPS) is 10.1. The quantitative estimate of drug-likeness (QED) is 0.241. The lowest BCUT2D eigenvalue weighted by Crippen LogP contribution is -2.33. The van der Waals surface area contributed by atoms with E-state index in [0.29, 0.717) is 13.1 Å². The predicted molar refractivity (Wildman–Crippen MR) is 69.5 cm³/mol. The Kier molecular flexibility index (Phi) is 5.54. The number of hydrogen-bond acceptors (Lipinski definition) is 8. The molecule has 0 aromatic carbocycles. The number of amides is 2. The van der Waals surface area contributed by atoms with Crippen LogP contribution in [0.1, 0.15) is 13.8 Å². The van der Waals surface area contributed by atoms with Gasteiger partial charge in [0.15, 0.2) is 0 Å². The van der Waals surface area contributed by atoms with Crippen LogP contribution in [0.5, 0.6) is 6.01 Å². The number of carbonyl (C=O) groups excluding carboxylic acids is 1. The zero-order chi connectivity index (χ0) is 14.3. The Labute approximate surface area is 110 Å². The van der Waals surface area contributed by atoms with Crippen LogP contribution in [0.15, 0.2) is 0 Å². The SMILES string of the molecule is CC(C)Oc1nc(NN)nc(NCCNC(N)=O)n1. The molecule has 0 aliphatic heterocycles. The molecule has 0 bridgehead atoms. The lowest BCUT2D eigenvalue weighted by Gasteiger charge is -2.11. The van der Waals surface area contributed by atoms with E-state index in [2.05, 4.69) is 31.0 Å². The van der Waals surface area contributed by atoms with Gasteiger partial charge in [-0.05, 0) is 13.8 Å². The van der Waals surface area contributed by atoms with Crippen molar-refractivity contribution in [2.75, 3.05) is 23.8 Å². The lowest BCUT2D eigenvalue weighted by molar-refractivity contribution is 0.222. The maximum atomic E-state index is 10.5. The summed E-state index contributed by atoms with van der Waals surface area (Å²) in [4.78, 5) is 22.4. The first-order chi connectivity index (χ1) is 9.01. The highest BCUT2D eigenvalue weighted by molar-refractivity contribution is 5.71. The molecule has 10 nitrogen and oxygen atoms in total. The number of nitrogens with zero attached hydrogens (tertiary/aromatic N) is 3. The number of aromatic nitrogens is 3. The number of nitrogens with one attached hydrogen (secondary N) is 3. The number of hydrazine groups is 1. The first-order valence-electron chi connectivity index (χ1n) is 5.67. The van der Waals surface area contributed by atoms with Gasteiger partial charge in [-0.25, -0.2) is 10.6 Å². The molecule has 10 heteroatoms. The molecule has 0 aliphatic carbocycles. The molecule has 0 aliphatic rings. The average molecular weight is 270 g/mol. The van der Waals surface area contributed by atoms with Crippen LogP contribution in [-0.2, 0) is 0 Å². The number of primary amides is 1. The Morgan fingerprint density at radius 3 is 2.53 bits per heavy atom. The van der Waals surface area contributed by atoms with Crippen molar-refractivity contribution in [3.05, 3.63) is 0 Å². The second-order valence-electron chi connectivity index (χ2n) is 3.79. The second-order valence-corrected chi connectivity index (χ2v) is 3.79. The minimum absolute atomic E-state index is 0.0718. The summed E-state index contributed by atoms with van der Waals surface area (Å²) >= 11 is 0.